The molecule has 0 radical (unpaired) electrons. The summed E-state index contributed by atoms with van der Waals surface area (Å²) in [5.74, 6) is -3.21. The van der Waals surface area contributed by atoms with Crippen LogP contribution in [0.4, 0.5) is 16.3 Å². The number of aromatic nitrogens is 3. The van der Waals surface area contributed by atoms with E-state index in [1.807, 2.05) is 0 Å². The molecule has 0 unspecified atom stereocenters. The number of H-pyrrole nitrogens is 1. The van der Waals surface area contributed by atoms with Crippen LogP contribution in [0.3, 0.4) is 0 Å². The fraction of sp³-hybridized carbons (Fsp3) is 0.475. The Morgan fingerprint density at radius 1 is 0.967 bits per heavy atom. The Morgan fingerprint density at radius 3 is 2.39 bits per heavy atom. The maximum atomic E-state index is 13.5. The Bertz CT molecular complexity index is 2140. The van der Waals surface area contributed by atoms with E-state index in [0.717, 1.165) is 17.1 Å². The van der Waals surface area contributed by atoms with Crippen LogP contribution in [0, 0.1) is 5.92 Å². The molecule has 0 aliphatic carbocycles. The molecule has 2 fully saturated rings. The van der Waals surface area contributed by atoms with Crippen molar-refractivity contribution in [1.82, 2.24) is 40.7 Å². The maximum Gasteiger partial charge on any atom is 0.410 e. The number of imide groups is 1. The van der Waals surface area contributed by atoms with Gasteiger partial charge in [-0.3, -0.25) is 38.6 Å². The molecule has 2 saturated heterocycles. The number of amides is 7. The van der Waals surface area contributed by atoms with Crippen molar-refractivity contribution >= 4 is 64.1 Å². The third-order valence-electron chi connectivity index (χ3n) is 10.7. The molecular formula is C40H50N10O11. The lowest BCUT2D eigenvalue weighted by molar-refractivity contribution is -0.173. The predicted molar refractivity (Wildman–Crippen MR) is 216 cm³/mol. The van der Waals surface area contributed by atoms with Crippen LogP contribution in [0.1, 0.15) is 52.5 Å². The normalized spacial score (nSPS) is 23.5. The number of nitrogens with zero attached hydrogens (tertiary/aromatic N) is 4. The standard InChI is InChI=1S/C40H50N10O11/c1-20(2)30(46-27(51)14-17-50-28(52)11-12-29(50)53)38(58)44-21(3)36(56)45-24-9-7-23(8-10-24)18-60-40(59)49-16-5-6-26(49)37(57)47-31-22(4)61-39(34(55)33(31)54)48-35-32-25(13-15-41-32)42-19-43-35/h7-13,15,19-22,26,30-31,33-34,39,41,54-55H,5-6,14,16-18H2,1-4H3,(H,44,58)(H,45,56)(H,46,51)(H,47,57)(H,42,43,48)/t21-,22-,26+,30-,31-,33+,34-,39-/m0/s1. The van der Waals surface area contributed by atoms with Gasteiger partial charge in [-0.05, 0) is 56.4 Å². The monoisotopic (exact) mass is 846 g/mol. The second kappa shape index (κ2) is 19.3. The van der Waals surface area contributed by atoms with E-state index in [4.69, 9.17) is 9.47 Å². The van der Waals surface area contributed by atoms with E-state index in [1.54, 1.807) is 57.3 Å². The molecule has 8 atom stereocenters. The van der Waals surface area contributed by atoms with Crippen molar-refractivity contribution < 1.29 is 53.2 Å². The van der Waals surface area contributed by atoms with E-state index in [9.17, 15) is 43.8 Å². The molecule has 1 aromatic carbocycles. The fourth-order valence-electron chi connectivity index (χ4n) is 7.20. The molecule has 21 heteroatoms. The van der Waals surface area contributed by atoms with Gasteiger partial charge in [0.25, 0.3) is 11.8 Å². The van der Waals surface area contributed by atoms with E-state index < -0.39 is 90.2 Å². The van der Waals surface area contributed by atoms with E-state index in [0.29, 0.717) is 40.9 Å². The zero-order chi connectivity index (χ0) is 44.0. The minimum atomic E-state index is -1.45. The molecule has 5 heterocycles. The summed E-state index contributed by atoms with van der Waals surface area (Å²) in [6.07, 6.45) is 0.601. The number of rotatable bonds is 15. The van der Waals surface area contributed by atoms with E-state index >= 15 is 0 Å². The summed E-state index contributed by atoms with van der Waals surface area (Å²) in [5, 5.41) is 35.6. The zero-order valence-corrected chi connectivity index (χ0v) is 34.0. The van der Waals surface area contributed by atoms with Crippen molar-refractivity contribution in [2.24, 2.45) is 5.92 Å². The summed E-state index contributed by atoms with van der Waals surface area (Å²) in [4.78, 5) is 102. The molecule has 3 aliphatic rings. The lowest BCUT2D eigenvalue weighted by atomic mass is 9.95. The topological polar surface area (TPSA) is 287 Å². The van der Waals surface area contributed by atoms with Gasteiger partial charge in [0.15, 0.2) is 12.0 Å². The number of aliphatic hydroxyl groups excluding tert-OH is 2. The highest BCUT2D eigenvalue weighted by atomic mass is 16.6. The zero-order valence-electron chi connectivity index (χ0n) is 34.0. The highest BCUT2D eigenvalue weighted by molar-refractivity contribution is 6.13. The van der Waals surface area contributed by atoms with Gasteiger partial charge in [-0.1, -0.05) is 26.0 Å². The van der Waals surface area contributed by atoms with Crippen LogP contribution in [0.2, 0.25) is 0 Å². The number of benzene rings is 1. The highest BCUT2D eigenvalue weighted by Crippen LogP contribution is 2.26. The first-order valence-electron chi connectivity index (χ1n) is 19.9. The molecule has 0 saturated carbocycles. The molecular weight excluding hydrogens is 796 g/mol. The van der Waals surface area contributed by atoms with Crippen molar-refractivity contribution in [2.45, 2.75) is 102 Å². The van der Waals surface area contributed by atoms with E-state index in [1.165, 1.54) is 18.2 Å². The lowest BCUT2D eigenvalue weighted by Gasteiger charge is -2.42. The van der Waals surface area contributed by atoms with E-state index in [2.05, 4.69) is 41.5 Å². The molecule has 0 bridgehead atoms. The summed E-state index contributed by atoms with van der Waals surface area (Å²) in [6, 6.07) is 4.35. The van der Waals surface area contributed by atoms with Gasteiger partial charge in [-0.15, -0.1) is 0 Å². The predicted octanol–water partition coefficient (Wildman–Crippen LogP) is 0.0215. The van der Waals surface area contributed by atoms with Gasteiger partial charge in [-0.25, -0.2) is 14.8 Å². The molecule has 326 valence electrons. The van der Waals surface area contributed by atoms with Gasteiger partial charge in [-0.2, -0.15) is 0 Å². The number of likely N-dealkylation sites (tertiary alicyclic amines) is 1. The Hall–Kier alpha value is -6.45. The van der Waals surface area contributed by atoms with Crippen LogP contribution in [-0.4, -0.2) is 138 Å². The number of anilines is 2. The number of hydrogen-bond acceptors (Lipinski definition) is 14. The van der Waals surface area contributed by atoms with Gasteiger partial charge in [0, 0.05) is 43.5 Å². The molecule has 7 amide bonds. The largest absolute Gasteiger partial charge is 0.445 e. The third-order valence-corrected chi connectivity index (χ3v) is 10.7. The average Bonchev–Trinajstić information content (AvgIpc) is 4.00. The molecule has 8 N–H and O–H groups in total. The van der Waals surface area contributed by atoms with Gasteiger partial charge < -0.3 is 51.3 Å². The number of fused-ring (bicyclic) bond motifs is 1. The minimum absolute atomic E-state index is 0.137. The first-order valence-corrected chi connectivity index (χ1v) is 19.9. The van der Waals surface area contributed by atoms with Crippen molar-refractivity contribution in [3.63, 3.8) is 0 Å². The number of hydrogen-bond donors (Lipinski definition) is 8. The highest BCUT2D eigenvalue weighted by Gasteiger charge is 2.45. The quantitative estimate of drug-likeness (QED) is 0.0937. The number of carbonyl (C=O) groups is 7. The summed E-state index contributed by atoms with van der Waals surface area (Å²) in [6.45, 7) is 6.56. The molecule has 3 aliphatic heterocycles. The van der Waals surface area contributed by atoms with Crippen LogP contribution >= 0.6 is 0 Å². The van der Waals surface area contributed by atoms with Crippen LogP contribution in [-0.2, 0) is 44.8 Å². The Labute approximate surface area is 350 Å². The maximum absolute atomic E-state index is 13.5. The summed E-state index contributed by atoms with van der Waals surface area (Å²) >= 11 is 0. The first kappa shape index (κ1) is 44.1. The summed E-state index contributed by atoms with van der Waals surface area (Å²) in [7, 11) is 0. The second-order valence-electron chi connectivity index (χ2n) is 15.4. The summed E-state index contributed by atoms with van der Waals surface area (Å²) in [5.41, 5.74) is 2.22. The van der Waals surface area contributed by atoms with Crippen LogP contribution in [0.25, 0.3) is 11.0 Å². The van der Waals surface area contributed by atoms with Gasteiger partial charge >= 0.3 is 6.09 Å². The van der Waals surface area contributed by atoms with E-state index in [-0.39, 0.29) is 32.0 Å². The number of aliphatic hydroxyl groups is 2. The first-order chi connectivity index (χ1) is 29.1. The number of ether oxygens (including phenoxy) is 2. The molecule has 21 nitrogen and oxygen atoms in total. The Kier molecular flexibility index (Phi) is 14.0. The average molecular weight is 847 g/mol. The molecule has 0 spiro atoms. The Morgan fingerprint density at radius 2 is 1.69 bits per heavy atom. The number of nitrogens with one attached hydrogen (secondary N) is 6. The number of carbonyl (C=O) groups excluding carboxylic acids is 7. The number of aromatic amines is 1. The van der Waals surface area contributed by atoms with Crippen molar-refractivity contribution in [1.29, 1.82) is 0 Å². The molecule has 61 heavy (non-hydrogen) atoms. The summed E-state index contributed by atoms with van der Waals surface area (Å²) < 4.78 is 11.5. The van der Waals surface area contributed by atoms with Crippen LogP contribution in [0.15, 0.2) is 55.0 Å². The van der Waals surface area contributed by atoms with Crippen LogP contribution in [0.5, 0.6) is 0 Å². The van der Waals surface area contributed by atoms with Crippen molar-refractivity contribution in [3.8, 4) is 0 Å². The van der Waals surface area contributed by atoms with Gasteiger partial charge in [0.05, 0.1) is 17.7 Å². The smallest absolute Gasteiger partial charge is 0.410 e. The fourth-order valence-corrected chi connectivity index (χ4v) is 7.20. The SMILES string of the molecule is CC(C)[C@H](NC(=O)CCN1C(=O)C=CC1=O)C(=O)N[C@@H](C)C(=O)Nc1ccc(COC(=O)N2CCC[C@@H]2C(=O)N[C@@H]2[C@@H](O)[C@H](O)[C@@H](Nc3ncnc4cc[nH]c34)O[C@H]2C)cc1. The molecule has 3 aromatic rings. The minimum Gasteiger partial charge on any atom is -0.445 e. The lowest BCUT2D eigenvalue weighted by Crippen LogP contribution is -2.65. The van der Waals surface area contributed by atoms with Gasteiger partial charge in [0.1, 0.15) is 48.8 Å². The second-order valence-corrected chi connectivity index (χ2v) is 15.4. The Balaban J connectivity index is 0.937. The van der Waals surface area contributed by atoms with Crippen LogP contribution < -0.4 is 26.6 Å². The van der Waals surface area contributed by atoms with Crippen molar-refractivity contribution in [2.75, 3.05) is 23.7 Å². The third kappa shape index (κ3) is 10.5. The molecule has 2 aromatic heterocycles. The van der Waals surface area contributed by atoms with Gasteiger partial charge in [0.2, 0.25) is 23.6 Å². The van der Waals surface area contributed by atoms with Crippen molar-refractivity contribution in [3.05, 3.63) is 60.6 Å². The molecule has 6 rings (SSSR count).